The van der Waals surface area contributed by atoms with Gasteiger partial charge in [0.1, 0.15) is 6.04 Å². The highest BCUT2D eigenvalue weighted by molar-refractivity contribution is 6.30. The van der Waals surface area contributed by atoms with Crippen molar-refractivity contribution in [1.29, 1.82) is 0 Å². The van der Waals surface area contributed by atoms with Crippen molar-refractivity contribution in [2.45, 2.75) is 18.3 Å². The number of benzene rings is 1. The van der Waals surface area contributed by atoms with E-state index in [2.05, 4.69) is 5.32 Å². The van der Waals surface area contributed by atoms with Gasteiger partial charge in [0.05, 0.1) is 6.04 Å². The summed E-state index contributed by atoms with van der Waals surface area (Å²) in [7, 11) is 0. The Balaban J connectivity index is 2.10. The van der Waals surface area contributed by atoms with Gasteiger partial charge in [-0.3, -0.25) is 5.32 Å². The second kappa shape index (κ2) is 3.14. The number of rotatable bonds is 1. The maximum Gasteiger partial charge on any atom is 0.405 e. The van der Waals surface area contributed by atoms with Crippen molar-refractivity contribution >= 4 is 11.6 Å². The molecule has 1 aromatic carbocycles. The maximum atomic E-state index is 12.2. The van der Waals surface area contributed by atoms with Crippen LogP contribution in [0.25, 0.3) is 0 Å². The second-order valence-corrected chi connectivity index (χ2v) is 3.65. The van der Waals surface area contributed by atoms with Crippen LogP contribution in [0.3, 0.4) is 0 Å². The van der Waals surface area contributed by atoms with Gasteiger partial charge in [0.2, 0.25) is 0 Å². The van der Waals surface area contributed by atoms with E-state index in [9.17, 15) is 13.2 Å². The molecule has 2 rings (SSSR count). The largest absolute Gasteiger partial charge is 0.405 e. The Bertz CT molecular complexity index is 333. The van der Waals surface area contributed by atoms with Crippen LogP contribution in [0.2, 0.25) is 5.02 Å². The molecule has 1 heterocycles. The van der Waals surface area contributed by atoms with Crippen LogP contribution in [0.4, 0.5) is 13.2 Å². The summed E-state index contributed by atoms with van der Waals surface area (Å²) in [6, 6.07) is 4.38. The molecule has 0 spiro atoms. The van der Waals surface area contributed by atoms with Gasteiger partial charge in [0.15, 0.2) is 0 Å². The average molecular weight is 222 g/mol. The number of hydrogen-bond donors (Lipinski definition) is 1. The molecule has 1 aliphatic heterocycles. The molecule has 1 nitrogen and oxygen atoms in total. The minimum absolute atomic E-state index is 0.526. The van der Waals surface area contributed by atoms with E-state index < -0.39 is 18.3 Å². The highest BCUT2D eigenvalue weighted by Gasteiger charge is 2.55. The highest BCUT2D eigenvalue weighted by Crippen LogP contribution is 2.40. The predicted octanol–water partition coefficient (Wildman–Crippen LogP) is 2.92. The Morgan fingerprint density at radius 1 is 1.14 bits per heavy atom. The summed E-state index contributed by atoms with van der Waals surface area (Å²) in [4.78, 5) is 0. The minimum Gasteiger partial charge on any atom is -0.296 e. The van der Waals surface area contributed by atoms with Gasteiger partial charge in [-0.05, 0) is 17.7 Å². The van der Waals surface area contributed by atoms with Crippen LogP contribution in [-0.2, 0) is 0 Å². The number of nitrogens with one attached hydrogen (secondary N) is 1. The van der Waals surface area contributed by atoms with Crippen molar-refractivity contribution in [3.05, 3.63) is 34.9 Å². The van der Waals surface area contributed by atoms with Crippen LogP contribution in [0.15, 0.2) is 24.3 Å². The summed E-state index contributed by atoms with van der Waals surface area (Å²) in [5.74, 6) is 0. The summed E-state index contributed by atoms with van der Waals surface area (Å²) >= 11 is 5.62. The molecule has 14 heavy (non-hydrogen) atoms. The summed E-state index contributed by atoms with van der Waals surface area (Å²) in [5.41, 5.74) is 0.622. The van der Waals surface area contributed by atoms with Gasteiger partial charge >= 0.3 is 6.18 Å². The van der Waals surface area contributed by atoms with E-state index in [0.717, 1.165) is 0 Å². The van der Waals surface area contributed by atoms with Crippen LogP contribution in [0.5, 0.6) is 0 Å². The molecular formula is C9H7ClF3N. The van der Waals surface area contributed by atoms with Crippen molar-refractivity contribution < 1.29 is 13.2 Å². The fraction of sp³-hybridized carbons (Fsp3) is 0.333. The average Bonchev–Trinajstić information content (AvgIpc) is 2.83. The highest BCUT2D eigenvalue weighted by atomic mass is 35.5. The lowest BCUT2D eigenvalue weighted by Gasteiger charge is -2.02. The first-order valence-electron chi connectivity index (χ1n) is 4.07. The smallest absolute Gasteiger partial charge is 0.296 e. The van der Waals surface area contributed by atoms with Gasteiger partial charge < -0.3 is 0 Å². The van der Waals surface area contributed by atoms with Crippen molar-refractivity contribution in [2.24, 2.45) is 0 Å². The summed E-state index contributed by atoms with van der Waals surface area (Å²) < 4.78 is 36.5. The molecule has 1 N–H and O–H groups in total. The normalized spacial score (nSPS) is 26.3. The minimum atomic E-state index is -4.16. The molecule has 0 aromatic heterocycles. The molecule has 76 valence electrons. The quantitative estimate of drug-likeness (QED) is 0.724. The molecule has 1 saturated heterocycles. The number of halogens is 4. The fourth-order valence-electron chi connectivity index (χ4n) is 1.38. The van der Waals surface area contributed by atoms with Crippen molar-refractivity contribution in [2.75, 3.05) is 0 Å². The Hall–Kier alpha value is -0.740. The molecule has 2 atom stereocenters. The zero-order chi connectivity index (χ0) is 10.3. The molecule has 0 unspecified atom stereocenters. The molecule has 0 aliphatic carbocycles. The van der Waals surface area contributed by atoms with Crippen molar-refractivity contribution in [1.82, 2.24) is 5.32 Å². The predicted molar refractivity (Wildman–Crippen MR) is 47.2 cm³/mol. The molecule has 1 aliphatic rings. The topological polar surface area (TPSA) is 21.9 Å². The van der Waals surface area contributed by atoms with Gasteiger partial charge in [-0.25, -0.2) is 0 Å². The summed E-state index contributed by atoms with van der Waals surface area (Å²) in [6.45, 7) is 0. The van der Waals surface area contributed by atoms with Gasteiger partial charge in [-0.1, -0.05) is 23.7 Å². The molecule has 0 radical (unpaired) electrons. The molecule has 0 amide bonds. The van der Waals surface area contributed by atoms with E-state index in [1.165, 1.54) is 0 Å². The Morgan fingerprint density at radius 3 is 2.14 bits per heavy atom. The standard InChI is InChI=1S/C9H7ClF3N/c10-6-3-1-5(2-4-6)7-8(14-7)9(11,12)13/h1-4,7-8,14H/t7-,8-/m0/s1. The first-order chi connectivity index (χ1) is 6.48. The lowest BCUT2D eigenvalue weighted by atomic mass is 10.1. The van der Waals surface area contributed by atoms with Crippen LogP contribution in [0, 0.1) is 0 Å². The van der Waals surface area contributed by atoms with E-state index >= 15 is 0 Å². The van der Waals surface area contributed by atoms with Crippen molar-refractivity contribution in [3.63, 3.8) is 0 Å². The molecule has 0 saturated carbocycles. The van der Waals surface area contributed by atoms with Gasteiger partial charge in [0, 0.05) is 5.02 Å². The van der Waals surface area contributed by atoms with Crippen LogP contribution < -0.4 is 5.32 Å². The van der Waals surface area contributed by atoms with Gasteiger partial charge in [-0.2, -0.15) is 13.2 Å². The SMILES string of the molecule is FC(F)(F)[C@H]1N[C@H]1c1ccc(Cl)cc1. The molecule has 5 heteroatoms. The van der Waals surface area contributed by atoms with E-state index in [-0.39, 0.29) is 0 Å². The van der Waals surface area contributed by atoms with Gasteiger partial charge in [-0.15, -0.1) is 0 Å². The summed E-state index contributed by atoms with van der Waals surface area (Å²) in [5, 5.41) is 2.90. The third-order valence-electron chi connectivity index (χ3n) is 2.17. The Labute approximate surface area is 83.9 Å². The third kappa shape index (κ3) is 1.86. The molecule has 1 aromatic rings. The number of alkyl halides is 3. The van der Waals surface area contributed by atoms with E-state index in [1.807, 2.05) is 0 Å². The second-order valence-electron chi connectivity index (χ2n) is 3.22. The van der Waals surface area contributed by atoms with Crippen LogP contribution in [0.1, 0.15) is 11.6 Å². The molecule has 0 bridgehead atoms. The zero-order valence-electron chi connectivity index (χ0n) is 6.98. The fourth-order valence-corrected chi connectivity index (χ4v) is 1.51. The number of hydrogen-bond acceptors (Lipinski definition) is 1. The van der Waals surface area contributed by atoms with Crippen LogP contribution in [-0.4, -0.2) is 12.2 Å². The first-order valence-corrected chi connectivity index (χ1v) is 4.44. The maximum absolute atomic E-state index is 12.2. The van der Waals surface area contributed by atoms with E-state index in [4.69, 9.17) is 11.6 Å². The van der Waals surface area contributed by atoms with E-state index in [0.29, 0.717) is 10.6 Å². The Morgan fingerprint density at radius 2 is 1.71 bits per heavy atom. The lowest BCUT2D eigenvalue weighted by molar-refractivity contribution is -0.130. The lowest BCUT2D eigenvalue weighted by Crippen LogP contribution is -2.19. The molecular weight excluding hydrogens is 215 g/mol. The zero-order valence-corrected chi connectivity index (χ0v) is 7.73. The monoisotopic (exact) mass is 221 g/mol. The van der Waals surface area contributed by atoms with Gasteiger partial charge in [0.25, 0.3) is 0 Å². The molecule has 1 fully saturated rings. The van der Waals surface area contributed by atoms with Crippen molar-refractivity contribution in [3.8, 4) is 0 Å². The van der Waals surface area contributed by atoms with Crippen LogP contribution >= 0.6 is 11.6 Å². The van der Waals surface area contributed by atoms with E-state index in [1.54, 1.807) is 24.3 Å². The first kappa shape index (κ1) is 9.80. The third-order valence-corrected chi connectivity index (χ3v) is 2.42. The summed E-state index contributed by atoms with van der Waals surface area (Å²) in [6.07, 6.45) is -4.16. The Kier molecular flexibility index (Phi) is 2.20.